The Balaban J connectivity index is 1.71. The highest BCUT2D eigenvalue weighted by Gasteiger charge is 2.33. The van der Waals surface area contributed by atoms with Crippen LogP contribution < -0.4 is 0 Å². The fourth-order valence-corrected chi connectivity index (χ4v) is 6.31. The van der Waals surface area contributed by atoms with Crippen molar-refractivity contribution in [2.24, 2.45) is 11.8 Å². The zero-order valence-corrected chi connectivity index (χ0v) is 17.7. The van der Waals surface area contributed by atoms with Gasteiger partial charge in [0.2, 0.25) is 10.0 Å². The third kappa shape index (κ3) is 4.13. The Hall–Kier alpha value is -0.960. The quantitative estimate of drug-likeness (QED) is 0.647. The molecular weight excluding hydrogens is 438 g/mol. The molecule has 1 atom stereocenters. The standard InChI is InChI=1S/C18H22BrNO4S2/c1-25(21,22)15-6-8-16(9-7-15)26(23,24)20-12-10-14(11-13-20)17-4-2-3-5-18(17)19/h2,4-9,14,17H,3,10-13H2,1H3. The summed E-state index contributed by atoms with van der Waals surface area (Å²) in [5, 5.41) is 0. The first-order valence-electron chi connectivity index (χ1n) is 8.52. The molecule has 142 valence electrons. The molecule has 2 aliphatic rings. The number of benzene rings is 1. The van der Waals surface area contributed by atoms with Gasteiger partial charge < -0.3 is 0 Å². The summed E-state index contributed by atoms with van der Waals surface area (Å²) in [4.78, 5) is 0.262. The molecule has 0 N–H and O–H groups in total. The zero-order valence-electron chi connectivity index (χ0n) is 14.5. The monoisotopic (exact) mass is 459 g/mol. The fourth-order valence-electron chi connectivity index (χ4n) is 3.50. The van der Waals surface area contributed by atoms with Crippen molar-refractivity contribution in [2.45, 2.75) is 29.1 Å². The second-order valence-corrected chi connectivity index (χ2v) is 11.6. The van der Waals surface area contributed by atoms with E-state index in [2.05, 4.69) is 34.2 Å². The van der Waals surface area contributed by atoms with E-state index in [1.165, 1.54) is 33.1 Å². The van der Waals surface area contributed by atoms with E-state index in [1.54, 1.807) is 0 Å². The second kappa shape index (κ2) is 7.58. The highest BCUT2D eigenvalue weighted by atomic mass is 79.9. The lowest BCUT2D eigenvalue weighted by atomic mass is 9.83. The Morgan fingerprint density at radius 1 is 1.00 bits per heavy atom. The number of piperidine rings is 1. The normalized spacial score (nSPS) is 23.0. The number of hydrogen-bond donors (Lipinski definition) is 0. The van der Waals surface area contributed by atoms with Crippen LogP contribution in [0.5, 0.6) is 0 Å². The van der Waals surface area contributed by atoms with Crippen LogP contribution in [0.1, 0.15) is 19.3 Å². The predicted molar refractivity (Wildman–Crippen MR) is 105 cm³/mol. The maximum absolute atomic E-state index is 12.8. The SMILES string of the molecule is CS(=O)(=O)c1ccc(S(=O)(=O)N2CCC(C3C=CCC=C3Br)CC2)cc1. The van der Waals surface area contributed by atoms with Crippen molar-refractivity contribution < 1.29 is 16.8 Å². The number of halogens is 1. The minimum atomic E-state index is -3.60. The van der Waals surface area contributed by atoms with E-state index in [0.717, 1.165) is 25.5 Å². The predicted octanol–water partition coefficient (Wildman–Crippen LogP) is 3.35. The number of nitrogens with zero attached hydrogens (tertiary/aromatic N) is 1. The molecule has 3 rings (SSSR count). The summed E-state index contributed by atoms with van der Waals surface area (Å²) in [5.41, 5.74) is 0. The average Bonchev–Trinajstić information content (AvgIpc) is 2.62. The topological polar surface area (TPSA) is 71.5 Å². The second-order valence-electron chi connectivity index (χ2n) is 6.76. The van der Waals surface area contributed by atoms with Gasteiger partial charge in [0.15, 0.2) is 9.84 Å². The largest absolute Gasteiger partial charge is 0.243 e. The van der Waals surface area contributed by atoms with Crippen LogP contribution in [0.25, 0.3) is 0 Å². The molecule has 1 heterocycles. The van der Waals surface area contributed by atoms with E-state index in [0.29, 0.717) is 24.9 Å². The van der Waals surface area contributed by atoms with Crippen LogP contribution in [0.3, 0.4) is 0 Å². The van der Waals surface area contributed by atoms with Crippen molar-refractivity contribution in [3.8, 4) is 0 Å². The maximum atomic E-state index is 12.8. The van der Waals surface area contributed by atoms with Gasteiger partial charge in [0.25, 0.3) is 0 Å². The van der Waals surface area contributed by atoms with Gasteiger partial charge in [-0.1, -0.05) is 34.2 Å². The van der Waals surface area contributed by atoms with Crippen LogP contribution >= 0.6 is 15.9 Å². The summed E-state index contributed by atoms with van der Waals surface area (Å²) in [5.74, 6) is 0.763. The maximum Gasteiger partial charge on any atom is 0.243 e. The van der Waals surface area contributed by atoms with Crippen LogP contribution in [0.4, 0.5) is 0 Å². The Morgan fingerprint density at radius 3 is 2.12 bits per heavy atom. The fraction of sp³-hybridized carbons (Fsp3) is 0.444. The third-order valence-corrected chi connectivity index (χ3v) is 8.90. The molecule has 5 nitrogen and oxygen atoms in total. The minimum absolute atomic E-state index is 0.121. The highest BCUT2D eigenvalue weighted by Crippen LogP contribution is 2.37. The molecule has 0 spiro atoms. The number of hydrogen-bond acceptors (Lipinski definition) is 4. The van der Waals surface area contributed by atoms with E-state index >= 15 is 0 Å². The molecule has 0 amide bonds. The van der Waals surface area contributed by atoms with Crippen LogP contribution in [-0.2, 0) is 19.9 Å². The van der Waals surface area contributed by atoms with E-state index in [-0.39, 0.29) is 9.79 Å². The van der Waals surface area contributed by atoms with Gasteiger partial charge in [-0.2, -0.15) is 4.31 Å². The number of allylic oxidation sites excluding steroid dienone is 4. The Morgan fingerprint density at radius 2 is 1.58 bits per heavy atom. The first-order chi connectivity index (χ1) is 12.2. The summed E-state index contributed by atoms with van der Waals surface area (Å²) >= 11 is 3.63. The number of rotatable bonds is 4. The first kappa shape index (κ1) is 19.8. The van der Waals surface area contributed by atoms with Gasteiger partial charge in [-0.25, -0.2) is 16.8 Å². The molecule has 0 aromatic heterocycles. The Labute approximate surface area is 163 Å². The van der Waals surface area contributed by atoms with Crippen LogP contribution in [-0.4, -0.2) is 40.5 Å². The smallest absolute Gasteiger partial charge is 0.224 e. The van der Waals surface area contributed by atoms with Crippen molar-refractivity contribution in [2.75, 3.05) is 19.3 Å². The molecule has 1 aliphatic carbocycles. The zero-order chi connectivity index (χ0) is 18.9. The van der Waals surface area contributed by atoms with Crippen molar-refractivity contribution in [1.82, 2.24) is 4.31 Å². The lowest BCUT2D eigenvalue weighted by Crippen LogP contribution is -2.40. The van der Waals surface area contributed by atoms with Gasteiger partial charge in [0.1, 0.15) is 0 Å². The summed E-state index contributed by atoms with van der Waals surface area (Å²) in [6.45, 7) is 0.955. The van der Waals surface area contributed by atoms with E-state index in [9.17, 15) is 16.8 Å². The molecule has 1 aromatic carbocycles. The molecule has 8 heteroatoms. The van der Waals surface area contributed by atoms with Gasteiger partial charge in [-0.15, -0.1) is 0 Å². The summed E-state index contributed by atoms with van der Waals surface area (Å²) < 4.78 is 51.4. The van der Waals surface area contributed by atoms with Crippen molar-refractivity contribution >= 4 is 35.8 Å². The third-order valence-electron chi connectivity index (χ3n) is 5.01. The van der Waals surface area contributed by atoms with Gasteiger partial charge in [-0.05, 0) is 53.9 Å². The number of sulfonamides is 1. The molecule has 0 saturated carbocycles. The summed E-state index contributed by atoms with van der Waals surface area (Å²) in [6.07, 6.45) is 10.2. The van der Waals surface area contributed by atoms with E-state index < -0.39 is 19.9 Å². The minimum Gasteiger partial charge on any atom is -0.224 e. The van der Waals surface area contributed by atoms with Crippen molar-refractivity contribution in [3.63, 3.8) is 0 Å². The van der Waals surface area contributed by atoms with Gasteiger partial charge in [0, 0.05) is 25.3 Å². The molecule has 0 bridgehead atoms. The molecule has 1 saturated heterocycles. The van der Waals surface area contributed by atoms with Crippen LogP contribution in [0.2, 0.25) is 0 Å². The molecule has 1 aromatic rings. The highest BCUT2D eigenvalue weighted by molar-refractivity contribution is 9.11. The molecular formula is C18H22BrNO4S2. The van der Waals surface area contributed by atoms with Crippen LogP contribution in [0.15, 0.2) is 56.8 Å². The summed E-state index contributed by atoms with van der Waals surface area (Å²) in [6, 6.07) is 5.45. The van der Waals surface area contributed by atoms with Crippen LogP contribution in [0, 0.1) is 11.8 Å². The molecule has 1 aliphatic heterocycles. The lowest BCUT2D eigenvalue weighted by molar-refractivity contribution is 0.248. The average molecular weight is 460 g/mol. The molecule has 1 fully saturated rings. The van der Waals surface area contributed by atoms with E-state index in [4.69, 9.17) is 0 Å². The molecule has 1 unspecified atom stereocenters. The first-order valence-corrected chi connectivity index (χ1v) is 12.6. The molecule has 26 heavy (non-hydrogen) atoms. The Kier molecular flexibility index (Phi) is 5.77. The van der Waals surface area contributed by atoms with Crippen molar-refractivity contribution in [3.05, 3.63) is 47.0 Å². The lowest BCUT2D eigenvalue weighted by Gasteiger charge is -2.35. The van der Waals surface area contributed by atoms with Gasteiger partial charge in [-0.3, -0.25) is 0 Å². The van der Waals surface area contributed by atoms with Crippen molar-refractivity contribution in [1.29, 1.82) is 0 Å². The van der Waals surface area contributed by atoms with Gasteiger partial charge in [0.05, 0.1) is 9.79 Å². The van der Waals surface area contributed by atoms with Gasteiger partial charge >= 0.3 is 0 Å². The Bertz CT molecular complexity index is 926. The van der Waals surface area contributed by atoms with E-state index in [1.807, 2.05) is 0 Å². The summed E-state index contributed by atoms with van der Waals surface area (Å²) in [7, 11) is -6.94. The number of sulfone groups is 1. The molecule has 0 radical (unpaired) electrons.